The maximum atomic E-state index is 11.9. The standard InChI is InChI=1S/C16H15ClN2O4/c1-10-7-11(2)16(14(17)8-10)23-9-15(20)18-12-3-5-13(6-4-12)19(21)22/h3-8H,9H2,1-2H3,(H,18,20). The summed E-state index contributed by atoms with van der Waals surface area (Å²) in [6.45, 7) is 3.56. The van der Waals surface area contributed by atoms with Crippen LogP contribution in [0.1, 0.15) is 11.1 Å². The fraction of sp³-hybridized carbons (Fsp3) is 0.188. The SMILES string of the molecule is Cc1cc(C)c(OCC(=O)Nc2ccc([N+](=O)[O-])cc2)c(Cl)c1. The molecule has 1 amide bonds. The van der Waals surface area contributed by atoms with Gasteiger partial charge in [0.15, 0.2) is 6.61 Å². The molecule has 0 aromatic heterocycles. The molecule has 2 aromatic rings. The number of carbonyl (C=O) groups is 1. The van der Waals surface area contributed by atoms with Crippen molar-refractivity contribution in [3.63, 3.8) is 0 Å². The Bertz CT molecular complexity index is 721. The lowest BCUT2D eigenvalue weighted by Gasteiger charge is -2.12. The molecule has 23 heavy (non-hydrogen) atoms. The zero-order chi connectivity index (χ0) is 17.0. The Morgan fingerprint density at radius 3 is 2.48 bits per heavy atom. The van der Waals surface area contributed by atoms with Gasteiger partial charge < -0.3 is 10.1 Å². The van der Waals surface area contributed by atoms with Crippen molar-refractivity contribution in [3.05, 3.63) is 62.7 Å². The van der Waals surface area contributed by atoms with E-state index in [0.717, 1.165) is 11.1 Å². The van der Waals surface area contributed by atoms with Crippen LogP contribution >= 0.6 is 11.6 Å². The summed E-state index contributed by atoms with van der Waals surface area (Å²) >= 11 is 6.10. The van der Waals surface area contributed by atoms with Gasteiger partial charge in [-0.1, -0.05) is 17.7 Å². The van der Waals surface area contributed by atoms with Crippen molar-refractivity contribution in [1.82, 2.24) is 0 Å². The van der Waals surface area contributed by atoms with E-state index < -0.39 is 4.92 Å². The first-order chi connectivity index (χ1) is 10.9. The molecule has 120 valence electrons. The molecule has 1 N–H and O–H groups in total. The van der Waals surface area contributed by atoms with Crippen LogP contribution in [0.2, 0.25) is 5.02 Å². The lowest BCUT2D eigenvalue weighted by molar-refractivity contribution is -0.384. The molecule has 0 aliphatic carbocycles. The first-order valence-corrected chi connectivity index (χ1v) is 7.18. The number of nitro benzene ring substituents is 1. The predicted octanol–water partition coefficient (Wildman–Crippen LogP) is 3.88. The summed E-state index contributed by atoms with van der Waals surface area (Å²) in [5.41, 5.74) is 2.27. The number of nitrogens with one attached hydrogen (secondary N) is 1. The second kappa shape index (κ2) is 7.11. The monoisotopic (exact) mass is 334 g/mol. The quantitative estimate of drug-likeness (QED) is 0.664. The molecule has 0 aliphatic heterocycles. The van der Waals surface area contributed by atoms with Crippen LogP contribution in [0, 0.1) is 24.0 Å². The Balaban J connectivity index is 1.96. The van der Waals surface area contributed by atoms with E-state index in [1.165, 1.54) is 24.3 Å². The number of carbonyl (C=O) groups excluding carboxylic acids is 1. The third-order valence-electron chi connectivity index (χ3n) is 3.08. The van der Waals surface area contributed by atoms with E-state index >= 15 is 0 Å². The number of aryl methyl sites for hydroxylation is 2. The minimum absolute atomic E-state index is 0.0405. The first-order valence-electron chi connectivity index (χ1n) is 6.80. The third-order valence-corrected chi connectivity index (χ3v) is 3.36. The van der Waals surface area contributed by atoms with Gasteiger partial charge in [-0.2, -0.15) is 0 Å². The molecule has 0 heterocycles. The number of benzene rings is 2. The highest BCUT2D eigenvalue weighted by atomic mass is 35.5. The summed E-state index contributed by atoms with van der Waals surface area (Å²) in [6.07, 6.45) is 0. The van der Waals surface area contributed by atoms with Gasteiger partial charge in [-0.15, -0.1) is 0 Å². The van der Waals surface area contributed by atoms with Crippen LogP contribution in [0.15, 0.2) is 36.4 Å². The number of ether oxygens (including phenoxy) is 1. The van der Waals surface area contributed by atoms with E-state index in [4.69, 9.17) is 16.3 Å². The largest absolute Gasteiger partial charge is 0.482 e. The van der Waals surface area contributed by atoms with Crippen LogP contribution in [0.4, 0.5) is 11.4 Å². The van der Waals surface area contributed by atoms with Crippen LogP contribution in [-0.4, -0.2) is 17.4 Å². The summed E-state index contributed by atoms with van der Waals surface area (Å²) in [7, 11) is 0. The number of halogens is 1. The molecule has 0 fully saturated rings. The Morgan fingerprint density at radius 1 is 1.26 bits per heavy atom. The van der Waals surface area contributed by atoms with Crippen molar-refractivity contribution >= 4 is 28.9 Å². The molecule has 0 bridgehead atoms. The van der Waals surface area contributed by atoms with E-state index in [9.17, 15) is 14.9 Å². The molecule has 6 nitrogen and oxygen atoms in total. The van der Waals surface area contributed by atoms with Gasteiger partial charge in [0.05, 0.1) is 9.95 Å². The van der Waals surface area contributed by atoms with Crippen molar-refractivity contribution in [2.45, 2.75) is 13.8 Å². The van der Waals surface area contributed by atoms with Gasteiger partial charge in [-0.3, -0.25) is 14.9 Å². The van der Waals surface area contributed by atoms with Crippen molar-refractivity contribution < 1.29 is 14.5 Å². The molecule has 0 saturated carbocycles. The molecule has 7 heteroatoms. The minimum Gasteiger partial charge on any atom is -0.482 e. The van der Waals surface area contributed by atoms with Crippen molar-refractivity contribution in [2.75, 3.05) is 11.9 Å². The second-order valence-corrected chi connectivity index (χ2v) is 5.44. The Labute approximate surface area is 138 Å². The predicted molar refractivity (Wildman–Crippen MR) is 88.1 cm³/mol. The third kappa shape index (κ3) is 4.43. The molecule has 0 spiro atoms. The van der Waals surface area contributed by atoms with E-state index in [-0.39, 0.29) is 18.2 Å². The number of non-ortho nitro benzene ring substituents is 1. The Kier molecular flexibility index (Phi) is 5.18. The summed E-state index contributed by atoms with van der Waals surface area (Å²) in [5, 5.41) is 13.6. The van der Waals surface area contributed by atoms with Gasteiger partial charge in [0.25, 0.3) is 11.6 Å². The van der Waals surface area contributed by atoms with Gasteiger partial charge in [0, 0.05) is 17.8 Å². The number of rotatable bonds is 5. The summed E-state index contributed by atoms with van der Waals surface area (Å²) < 4.78 is 5.47. The summed E-state index contributed by atoms with van der Waals surface area (Å²) in [5.74, 6) is 0.0889. The zero-order valence-electron chi connectivity index (χ0n) is 12.6. The van der Waals surface area contributed by atoms with Crippen LogP contribution in [0.3, 0.4) is 0 Å². The number of hydrogen-bond acceptors (Lipinski definition) is 4. The highest BCUT2D eigenvalue weighted by Crippen LogP contribution is 2.29. The van der Waals surface area contributed by atoms with Crippen LogP contribution in [-0.2, 0) is 4.79 Å². The smallest absolute Gasteiger partial charge is 0.269 e. The second-order valence-electron chi connectivity index (χ2n) is 5.03. The highest BCUT2D eigenvalue weighted by molar-refractivity contribution is 6.32. The van der Waals surface area contributed by atoms with Crippen LogP contribution < -0.4 is 10.1 Å². The molecule has 0 unspecified atom stereocenters. The fourth-order valence-corrected chi connectivity index (χ4v) is 2.46. The van der Waals surface area contributed by atoms with Gasteiger partial charge >= 0.3 is 0 Å². The van der Waals surface area contributed by atoms with Gasteiger partial charge in [-0.25, -0.2) is 0 Å². The molecule has 2 aromatic carbocycles. The summed E-state index contributed by atoms with van der Waals surface area (Å²) in [4.78, 5) is 21.9. The van der Waals surface area contributed by atoms with Gasteiger partial charge in [-0.05, 0) is 43.2 Å². The van der Waals surface area contributed by atoms with Crippen molar-refractivity contribution in [2.24, 2.45) is 0 Å². The van der Waals surface area contributed by atoms with Gasteiger partial charge in [0.2, 0.25) is 0 Å². The topological polar surface area (TPSA) is 81.5 Å². The van der Waals surface area contributed by atoms with E-state index in [1.54, 1.807) is 6.07 Å². The average Bonchev–Trinajstić information content (AvgIpc) is 2.46. The normalized spacial score (nSPS) is 10.2. The lowest BCUT2D eigenvalue weighted by atomic mass is 10.1. The maximum Gasteiger partial charge on any atom is 0.269 e. The van der Waals surface area contributed by atoms with Gasteiger partial charge in [0.1, 0.15) is 5.75 Å². The molecule has 0 atom stereocenters. The number of nitro groups is 1. The van der Waals surface area contributed by atoms with E-state index in [1.807, 2.05) is 19.9 Å². The fourth-order valence-electron chi connectivity index (χ4n) is 2.09. The van der Waals surface area contributed by atoms with E-state index in [0.29, 0.717) is 16.5 Å². The number of nitrogens with zero attached hydrogens (tertiary/aromatic N) is 1. The molecule has 0 saturated heterocycles. The number of amides is 1. The van der Waals surface area contributed by atoms with Crippen LogP contribution in [0.5, 0.6) is 5.75 Å². The lowest BCUT2D eigenvalue weighted by Crippen LogP contribution is -2.20. The van der Waals surface area contributed by atoms with E-state index in [2.05, 4.69) is 5.32 Å². The highest BCUT2D eigenvalue weighted by Gasteiger charge is 2.10. The maximum absolute atomic E-state index is 11.9. The average molecular weight is 335 g/mol. The Hall–Kier alpha value is -2.60. The molecular formula is C16H15ClN2O4. The number of anilines is 1. The Morgan fingerprint density at radius 2 is 1.91 bits per heavy atom. The molecule has 0 radical (unpaired) electrons. The molecule has 0 aliphatic rings. The van der Waals surface area contributed by atoms with Crippen molar-refractivity contribution in [1.29, 1.82) is 0 Å². The molecule has 2 rings (SSSR count). The summed E-state index contributed by atoms with van der Waals surface area (Å²) in [6, 6.07) is 9.22. The zero-order valence-corrected chi connectivity index (χ0v) is 13.4. The minimum atomic E-state index is -0.503. The number of hydrogen-bond donors (Lipinski definition) is 1. The van der Waals surface area contributed by atoms with Crippen LogP contribution in [0.25, 0.3) is 0 Å². The molecular weight excluding hydrogens is 320 g/mol. The first kappa shape index (κ1) is 16.8. The van der Waals surface area contributed by atoms with Crippen molar-refractivity contribution in [3.8, 4) is 5.75 Å².